The highest BCUT2D eigenvalue weighted by molar-refractivity contribution is 7.85. The highest BCUT2D eigenvalue weighted by Gasteiger charge is 2.14. The van der Waals surface area contributed by atoms with E-state index in [9.17, 15) is 12.3 Å². The van der Waals surface area contributed by atoms with Gasteiger partial charge >= 0.3 is 10.2 Å². The molecule has 0 bridgehead atoms. The van der Waals surface area contributed by atoms with Crippen molar-refractivity contribution in [3.8, 4) is 5.82 Å². The molecule has 0 radical (unpaired) electrons. The van der Waals surface area contributed by atoms with Gasteiger partial charge in [-0.1, -0.05) is 6.07 Å². The molecule has 2 aromatic heterocycles. The Morgan fingerprint density at radius 2 is 2.18 bits per heavy atom. The summed E-state index contributed by atoms with van der Waals surface area (Å²) in [6, 6.07) is 5.26. The van der Waals surface area contributed by atoms with Gasteiger partial charge in [-0.3, -0.25) is 0 Å². The van der Waals surface area contributed by atoms with Crippen molar-refractivity contribution in [3.05, 3.63) is 41.9 Å². The minimum atomic E-state index is -4.54. The summed E-state index contributed by atoms with van der Waals surface area (Å²) in [5.41, 5.74) is 0.801. The lowest BCUT2D eigenvalue weighted by Crippen LogP contribution is -1.97. The number of rotatable bonds is 3. The van der Waals surface area contributed by atoms with Crippen molar-refractivity contribution < 1.29 is 12.3 Å². The molecule has 0 atom stereocenters. The first kappa shape index (κ1) is 11.7. The molecule has 0 unspecified atom stereocenters. The van der Waals surface area contributed by atoms with Gasteiger partial charge in [-0.15, -0.1) is 3.89 Å². The molecule has 0 aliphatic rings. The molecule has 5 nitrogen and oxygen atoms in total. The zero-order valence-electron chi connectivity index (χ0n) is 9.04. The highest BCUT2D eigenvalue weighted by atomic mass is 32.3. The molecule has 0 amide bonds. The Morgan fingerprint density at radius 3 is 2.76 bits per heavy atom. The van der Waals surface area contributed by atoms with Crippen LogP contribution in [0.2, 0.25) is 0 Å². The van der Waals surface area contributed by atoms with Gasteiger partial charge in [-0.2, -0.15) is 13.5 Å². The lowest BCUT2D eigenvalue weighted by atomic mass is 10.3. The second-order valence-electron chi connectivity index (χ2n) is 3.56. The van der Waals surface area contributed by atoms with E-state index in [4.69, 9.17) is 0 Å². The number of pyridine rings is 1. The Labute approximate surface area is 98.1 Å². The first-order valence-corrected chi connectivity index (χ1v) is 6.40. The van der Waals surface area contributed by atoms with Crippen LogP contribution in [0.5, 0.6) is 0 Å². The van der Waals surface area contributed by atoms with Gasteiger partial charge in [-0.05, 0) is 19.1 Å². The Kier molecular flexibility index (Phi) is 2.93. The van der Waals surface area contributed by atoms with Crippen LogP contribution in [0.15, 0.2) is 30.6 Å². The predicted molar refractivity (Wildman–Crippen MR) is 59.8 cm³/mol. The van der Waals surface area contributed by atoms with Crippen LogP contribution >= 0.6 is 0 Å². The summed E-state index contributed by atoms with van der Waals surface area (Å²) in [4.78, 5) is 4.06. The quantitative estimate of drug-likeness (QED) is 0.777. The number of halogens is 1. The van der Waals surface area contributed by atoms with Crippen LogP contribution in [0.1, 0.15) is 11.3 Å². The van der Waals surface area contributed by atoms with E-state index in [0.717, 1.165) is 0 Å². The largest absolute Gasteiger partial charge is 0.306 e. The van der Waals surface area contributed by atoms with Crippen molar-refractivity contribution in [2.75, 3.05) is 0 Å². The first-order chi connectivity index (χ1) is 7.96. The summed E-state index contributed by atoms with van der Waals surface area (Å²) in [5.74, 6) is -0.107. The minimum absolute atomic E-state index is 0.332. The van der Waals surface area contributed by atoms with E-state index >= 15 is 0 Å². The molecule has 0 N–H and O–H groups in total. The molecule has 0 saturated heterocycles. The smallest absolute Gasteiger partial charge is 0.237 e. The molecule has 0 saturated carbocycles. The number of hydrogen-bond acceptors (Lipinski definition) is 4. The fraction of sp³-hybridized carbons (Fsp3) is 0.200. The van der Waals surface area contributed by atoms with E-state index < -0.39 is 16.0 Å². The lowest BCUT2D eigenvalue weighted by Gasteiger charge is -1.97. The van der Waals surface area contributed by atoms with Crippen LogP contribution in [0.25, 0.3) is 5.82 Å². The molecular formula is C10H10FN3O2S. The second kappa shape index (κ2) is 4.25. The van der Waals surface area contributed by atoms with E-state index in [2.05, 4.69) is 10.1 Å². The highest BCUT2D eigenvalue weighted by Crippen LogP contribution is 2.13. The normalized spacial score (nSPS) is 11.6. The number of nitrogens with zero attached hydrogens (tertiary/aromatic N) is 3. The second-order valence-corrected chi connectivity index (χ2v) is 4.92. The molecule has 7 heteroatoms. The number of hydrogen-bond donors (Lipinski definition) is 0. The van der Waals surface area contributed by atoms with Gasteiger partial charge in [0.1, 0.15) is 5.75 Å². The fourth-order valence-electron chi connectivity index (χ4n) is 1.43. The maximum atomic E-state index is 12.6. The number of aryl methyl sites for hydroxylation is 1. The van der Waals surface area contributed by atoms with Crippen molar-refractivity contribution in [2.45, 2.75) is 12.7 Å². The molecule has 17 heavy (non-hydrogen) atoms. The summed E-state index contributed by atoms with van der Waals surface area (Å²) in [5, 5.41) is 4.09. The van der Waals surface area contributed by atoms with Gasteiger partial charge in [0.25, 0.3) is 0 Å². The molecule has 0 aliphatic carbocycles. The molecule has 0 aromatic carbocycles. The van der Waals surface area contributed by atoms with Crippen LogP contribution in [-0.2, 0) is 16.0 Å². The van der Waals surface area contributed by atoms with Crippen molar-refractivity contribution in [2.24, 2.45) is 0 Å². The van der Waals surface area contributed by atoms with Crippen molar-refractivity contribution in [1.29, 1.82) is 0 Å². The average Bonchev–Trinajstić information content (AvgIpc) is 2.59. The molecule has 2 rings (SSSR count). The van der Waals surface area contributed by atoms with Crippen LogP contribution in [0.3, 0.4) is 0 Å². The third-order valence-electron chi connectivity index (χ3n) is 2.21. The van der Waals surface area contributed by atoms with Crippen LogP contribution in [0, 0.1) is 6.92 Å². The van der Waals surface area contributed by atoms with Crippen molar-refractivity contribution in [1.82, 2.24) is 14.8 Å². The molecule has 0 spiro atoms. The maximum absolute atomic E-state index is 12.6. The van der Waals surface area contributed by atoms with Crippen LogP contribution < -0.4 is 0 Å². The van der Waals surface area contributed by atoms with Crippen molar-refractivity contribution in [3.63, 3.8) is 0 Å². The molecule has 2 heterocycles. The monoisotopic (exact) mass is 255 g/mol. The molecular weight excluding hydrogens is 245 g/mol. The average molecular weight is 255 g/mol. The maximum Gasteiger partial charge on any atom is 0.306 e. The molecule has 0 aliphatic heterocycles. The van der Waals surface area contributed by atoms with Crippen LogP contribution in [-0.4, -0.2) is 23.2 Å². The zero-order chi connectivity index (χ0) is 12.5. The molecule has 90 valence electrons. The Bertz CT molecular complexity index is 622. The third-order valence-corrected chi connectivity index (χ3v) is 2.87. The van der Waals surface area contributed by atoms with E-state index in [1.165, 1.54) is 10.9 Å². The van der Waals surface area contributed by atoms with Gasteiger partial charge < -0.3 is 0 Å². The Hall–Kier alpha value is -1.76. The summed E-state index contributed by atoms with van der Waals surface area (Å²) in [6.07, 6.45) is 3.06. The van der Waals surface area contributed by atoms with Gasteiger partial charge in [0.2, 0.25) is 0 Å². The summed E-state index contributed by atoms with van der Waals surface area (Å²) in [7, 11) is -4.54. The zero-order valence-corrected chi connectivity index (χ0v) is 9.85. The lowest BCUT2D eigenvalue weighted by molar-refractivity contribution is 0.551. The van der Waals surface area contributed by atoms with E-state index in [-0.39, 0.29) is 0 Å². The van der Waals surface area contributed by atoms with Crippen LogP contribution in [0.4, 0.5) is 3.89 Å². The first-order valence-electron chi connectivity index (χ1n) is 4.84. The summed E-state index contributed by atoms with van der Waals surface area (Å²) < 4.78 is 35.2. The molecule has 2 aromatic rings. The van der Waals surface area contributed by atoms with Gasteiger partial charge in [-0.25, -0.2) is 9.67 Å². The van der Waals surface area contributed by atoms with E-state index in [0.29, 0.717) is 17.1 Å². The van der Waals surface area contributed by atoms with E-state index in [1.54, 1.807) is 31.3 Å². The van der Waals surface area contributed by atoms with Gasteiger partial charge in [0.05, 0.1) is 5.69 Å². The predicted octanol–water partition coefficient (Wildman–Crippen LogP) is 1.38. The molecule has 0 fully saturated rings. The topological polar surface area (TPSA) is 64.8 Å². The van der Waals surface area contributed by atoms with Gasteiger partial charge in [0, 0.05) is 18.0 Å². The Morgan fingerprint density at radius 1 is 1.41 bits per heavy atom. The summed E-state index contributed by atoms with van der Waals surface area (Å²) in [6.45, 7) is 1.62. The number of aromatic nitrogens is 3. The Balaban J connectivity index is 2.38. The summed E-state index contributed by atoms with van der Waals surface area (Å²) >= 11 is 0. The standard InChI is InChI=1S/C10H10FN3O2S/c1-8-9(7-17(11,15)16)6-14(13-8)10-4-2-3-5-12-10/h2-6H,7H2,1H3. The van der Waals surface area contributed by atoms with Crippen molar-refractivity contribution >= 4 is 10.2 Å². The third kappa shape index (κ3) is 2.88. The minimum Gasteiger partial charge on any atom is -0.237 e. The fourth-order valence-corrected chi connectivity index (χ4v) is 2.08. The SMILES string of the molecule is Cc1nn(-c2ccccn2)cc1CS(=O)(=O)F. The van der Waals surface area contributed by atoms with Gasteiger partial charge in [0.15, 0.2) is 5.82 Å². The van der Waals surface area contributed by atoms with E-state index in [1.807, 2.05) is 0 Å².